The van der Waals surface area contributed by atoms with E-state index in [-0.39, 0.29) is 31.2 Å². The molecule has 0 bridgehead atoms. The number of nitrogens with one attached hydrogen (secondary N) is 1. The molecule has 144 valence electrons. The molecule has 1 atom stereocenters. The maximum absolute atomic E-state index is 12.9. The summed E-state index contributed by atoms with van der Waals surface area (Å²) in [7, 11) is 0. The Morgan fingerprint density at radius 2 is 1.85 bits per heavy atom. The zero-order valence-corrected chi connectivity index (χ0v) is 15.2. The maximum atomic E-state index is 12.9. The van der Waals surface area contributed by atoms with E-state index in [0.29, 0.717) is 5.75 Å². The fraction of sp³-hybridized carbons (Fsp3) is 0.300. The molecule has 0 spiro atoms. The van der Waals surface area contributed by atoms with Crippen LogP contribution in [-0.4, -0.2) is 36.2 Å². The quantitative estimate of drug-likeness (QED) is 0.704. The molecule has 27 heavy (non-hydrogen) atoms. The Kier molecular flexibility index (Phi) is 7.16. The molecule has 0 saturated carbocycles. The van der Waals surface area contributed by atoms with Crippen LogP contribution in [-0.2, 0) is 9.59 Å². The second kappa shape index (κ2) is 9.56. The minimum atomic E-state index is -1.28. The number of carbonyl (C=O) groups excluding carboxylic acids is 1. The number of hydrogen-bond donors (Lipinski definition) is 2. The minimum Gasteiger partial charge on any atom is -0.493 e. The standard InChI is InChI=1S/C20H22FNO5/c1-13-3-4-14(2)17(11-13)26-10-9-19(23)22-12-18(20(24)25)27-16-7-5-15(21)6-8-16/h3-8,11,18H,9-10,12H2,1-2H3,(H,22,23)(H,24,25). The fourth-order valence-corrected chi connectivity index (χ4v) is 2.27. The van der Waals surface area contributed by atoms with Gasteiger partial charge in [0.05, 0.1) is 19.6 Å². The fourth-order valence-electron chi connectivity index (χ4n) is 2.27. The number of aliphatic carboxylic acids is 1. The van der Waals surface area contributed by atoms with Gasteiger partial charge in [0, 0.05) is 0 Å². The smallest absolute Gasteiger partial charge is 0.346 e. The van der Waals surface area contributed by atoms with Gasteiger partial charge in [-0.2, -0.15) is 0 Å². The largest absolute Gasteiger partial charge is 0.493 e. The third-order valence-corrected chi connectivity index (χ3v) is 3.78. The highest BCUT2D eigenvalue weighted by molar-refractivity contribution is 5.78. The van der Waals surface area contributed by atoms with Gasteiger partial charge in [-0.25, -0.2) is 9.18 Å². The number of rotatable bonds is 9. The number of carbonyl (C=O) groups is 2. The van der Waals surface area contributed by atoms with Crippen molar-refractivity contribution in [2.24, 2.45) is 0 Å². The normalized spacial score (nSPS) is 11.5. The molecule has 0 saturated heterocycles. The van der Waals surface area contributed by atoms with Crippen LogP contribution in [0.15, 0.2) is 42.5 Å². The lowest BCUT2D eigenvalue weighted by Crippen LogP contribution is -2.40. The zero-order chi connectivity index (χ0) is 19.8. The Labute approximate surface area is 156 Å². The SMILES string of the molecule is Cc1ccc(C)c(OCCC(=O)NCC(Oc2ccc(F)cc2)C(=O)O)c1. The van der Waals surface area contributed by atoms with Gasteiger partial charge in [0.1, 0.15) is 17.3 Å². The summed E-state index contributed by atoms with van der Waals surface area (Å²) in [5.74, 6) is -1.12. The minimum absolute atomic E-state index is 0.0796. The van der Waals surface area contributed by atoms with Crippen LogP contribution in [0.1, 0.15) is 17.5 Å². The van der Waals surface area contributed by atoms with E-state index in [1.165, 1.54) is 12.1 Å². The summed E-state index contributed by atoms with van der Waals surface area (Å²) < 4.78 is 23.8. The number of amides is 1. The van der Waals surface area contributed by atoms with Gasteiger partial charge in [-0.1, -0.05) is 12.1 Å². The van der Waals surface area contributed by atoms with Crippen molar-refractivity contribution in [1.82, 2.24) is 5.32 Å². The molecule has 0 radical (unpaired) electrons. The molecule has 6 nitrogen and oxygen atoms in total. The molecule has 1 unspecified atom stereocenters. The van der Waals surface area contributed by atoms with Crippen LogP contribution in [0.5, 0.6) is 11.5 Å². The first-order valence-electron chi connectivity index (χ1n) is 8.47. The number of carboxylic acid groups (broad SMARTS) is 1. The van der Waals surface area contributed by atoms with Gasteiger partial charge in [-0.3, -0.25) is 4.79 Å². The van der Waals surface area contributed by atoms with Crippen molar-refractivity contribution in [1.29, 1.82) is 0 Å². The van der Waals surface area contributed by atoms with E-state index in [2.05, 4.69) is 5.32 Å². The molecule has 0 aromatic heterocycles. The molecule has 2 aromatic rings. The van der Waals surface area contributed by atoms with E-state index in [1.807, 2.05) is 32.0 Å². The zero-order valence-electron chi connectivity index (χ0n) is 15.2. The highest BCUT2D eigenvalue weighted by Gasteiger charge is 2.20. The van der Waals surface area contributed by atoms with Gasteiger partial charge >= 0.3 is 5.97 Å². The van der Waals surface area contributed by atoms with Crippen molar-refractivity contribution in [2.45, 2.75) is 26.4 Å². The van der Waals surface area contributed by atoms with Gasteiger partial charge in [0.15, 0.2) is 0 Å². The molecule has 1 amide bonds. The van der Waals surface area contributed by atoms with E-state index in [1.54, 1.807) is 0 Å². The van der Waals surface area contributed by atoms with E-state index >= 15 is 0 Å². The van der Waals surface area contributed by atoms with Crippen LogP contribution < -0.4 is 14.8 Å². The lowest BCUT2D eigenvalue weighted by molar-refractivity contribution is -0.145. The first-order valence-corrected chi connectivity index (χ1v) is 8.47. The lowest BCUT2D eigenvalue weighted by Gasteiger charge is -2.16. The van der Waals surface area contributed by atoms with Gasteiger partial charge in [-0.05, 0) is 55.3 Å². The van der Waals surface area contributed by atoms with Crippen molar-refractivity contribution in [2.75, 3.05) is 13.2 Å². The average Bonchev–Trinajstić information content (AvgIpc) is 2.63. The second-order valence-corrected chi connectivity index (χ2v) is 6.07. The summed E-state index contributed by atoms with van der Waals surface area (Å²) in [5, 5.41) is 11.7. The second-order valence-electron chi connectivity index (χ2n) is 6.07. The van der Waals surface area contributed by atoms with Crippen molar-refractivity contribution >= 4 is 11.9 Å². The van der Waals surface area contributed by atoms with Gasteiger partial charge < -0.3 is 19.9 Å². The number of benzene rings is 2. The van der Waals surface area contributed by atoms with Crippen LogP contribution in [0.25, 0.3) is 0 Å². The summed E-state index contributed by atoms with van der Waals surface area (Å²) in [6.07, 6.45) is -1.20. The van der Waals surface area contributed by atoms with Crippen LogP contribution in [0, 0.1) is 19.7 Å². The maximum Gasteiger partial charge on any atom is 0.346 e. The summed E-state index contributed by atoms with van der Waals surface area (Å²) in [6, 6.07) is 10.8. The Bertz CT molecular complexity index is 791. The Hall–Kier alpha value is -3.09. The molecule has 2 aromatic carbocycles. The summed E-state index contributed by atoms with van der Waals surface area (Å²) in [4.78, 5) is 23.2. The highest BCUT2D eigenvalue weighted by atomic mass is 19.1. The number of aryl methyl sites for hydroxylation is 2. The van der Waals surface area contributed by atoms with Gasteiger partial charge in [0.25, 0.3) is 0 Å². The number of hydrogen-bond acceptors (Lipinski definition) is 4. The molecule has 2 N–H and O–H groups in total. The lowest BCUT2D eigenvalue weighted by atomic mass is 10.1. The van der Waals surface area contributed by atoms with E-state index in [4.69, 9.17) is 9.47 Å². The molecule has 7 heteroatoms. The van der Waals surface area contributed by atoms with Crippen LogP contribution in [0.3, 0.4) is 0 Å². The molecular formula is C20H22FNO5. The third-order valence-electron chi connectivity index (χ3n) is 3.78. The number of ether oxygens (including phenoxy) is 2. The summed E-state index contributed by atoms with van der Waals surface area (Å²) in [6.45, 7) is 3.83. The number of halogens is 1. The monoisotopic (exact) mass is 375 g/mol. The van der Waals surface area contributed by atoms with Crippen molar-refractivity contribution in [3.8, 4) is 11.5 Å². The first-order chi connectivity index (χ1) is 12.8. The number of carboxylic acids is 1. The van der Waals surface area contributed by atoms with Gasteiger partial charge in [0.2, 0.25) is 12.0 Å². The van der Waals surface area contributed by atoms with Crippen molar-refractivity contribution < 1.29 is 28.6 Å². The third kappa shape index (κ3) is 6.62. The van der Waals surface area contributed by atoms with Crippen LogP contribution in [0.4, 0.5) is 4.39 Å². The molecule has 0 fully saturated rings. The van der Waals surface area contributed by atoms with E-state index in [9.17, 15) is 19.1 Å². The van der Waals surface area contributed by atoms with Gasteiger partial charge in [-0.15, -0.1) is 0 Å². The molecule has 2 rings (SSSR count). The van der Waals surface area contributed by atoms with E-state index < -0.39 is 17.9 Å². The van der Waals surface area contributed by atoms with E-state index in [0.717, 1.165) is 23.3 Å². The topological polar surface area (TPSA) is 84.9 Å². The Morgan fingerprint density at radius 1 is 1.15 bits per heavy atom. The first kappa shape index (κ1) is 20.2. The molecule has 0 aliphatic carbocycles. The summed E-state index contributed by atoms with van der Waals surface area (Å²) >= 11 is 0. The molecule has 0 aliphatic rings. The average molecular weight is 375 g/mol. The predicted octanol–water partition coefficient (Wildman–Crippen LogP) is 2.86. The highest BCUT2D eigenvalue weighted by Crippen LogP contribution is 2.19. The predicted molar refractivity (Wildman–Crippen MR) is 97.5 cm³/mol. The molecular weight excluding hydrogens is 353 g/mol. The Morgan fingerprint density at radius 3 is 2.52 bits per heavy atom. The molecule has 0 heterocycles. The van der Waals surface area contributed by atoms with Crippen molar-refractivity contribution in [3.63, 3.8) is 0 Å². The van der Waals surface area contributed by atoms with Crippen molar-refractivity contribution in [3.05, 3.63) is 59.4 Å². The molecule has 0 aliphatic heterocycles. The van der Waals surface area contributed by atoms with Crippen LogP contribution in [0.2, 0.25) is 0 Å². The Balaban J connectivity index is 1.79. The summed E-state index contributed by atoms with van der Waals surface area (Å²) in [5.41, 5.74) is 2.03. The van der Waals surface area contributed by atoms with Crippen LogP contribution >= 0.6 is 0 Å².